The van der Waals surface area contributed by atoms with E-state index in [4.69, 9.17) is 0 Å². The second-order valence-electron chi connectivity index (χ2n) is 3.71. The van der Waals surface area contributed by atoms with Gasteiger partial charge in [0, 0.05) is 17.2 Å². The van der Waals surface area contributed by atoms with Gasteiger partial charge in [0.15, 0.2) is 5.82 Å². The second kappa shape index (κ2) is 4.70. The van der Waals surface area contributed by atoms with Crippen LogP contribution in [0.2, 0.25) is 0 Å². The number of amides is 1. The summed E-state index contributed by atoms with van der Waals surface area (Å²) in [7, 11) is 0. The molecule has 6 nitrogen and oxygen atoms in total. The van der Waals surface area contributed by atoms with Crippen molar-refractivity contribution in [2.45, 2.75) is 6.92 Å². The lowest BCUT2D eigenvalue weighted by atomic mass is 10.1. The number of H-pyrrole nitrogens is 1. The van der Waals surface area contributed by atoms with Crippen LogP contribution in [0.15, 0.2) is 35.1 Å². The summed E-state index contributed by atoms with van der Waals surface area (Å²) in [6, 6.07) is 7.34. The quantitative estimate of drug-likeness (QED) is 0.736. The molecule has 1 amide bonds. The van der Waals surface area contributed by atoms with Crippen LogP contribution in [-0.4, -0.2) is 21.2 Å². The monoisotopic (exact) mass is 245 g/mol. The van der Waals surface area contributed by atoms with Crippen LogP contribution in [0.25, 0.3) is 0 Å². The van der Waals surface area contributed by atoms with Gasteiger partial charge >= 0.3 is 0 Å². The Morgan fingerprint density at radius 2 is 2.11 bits per heavy atom. The predicted molar refractivity (Wildman–Crippen MR) is 65.7 cm³/mol. The molecule has 0 aliphatic rings. The van der Waals surface area contributed by atoms with Gasteiger partial charge in [0.05, 0.1) is 0 Å². The van der Waals surface area contributed by atoms with Crippen LogP contribution in [-0.2, 0) is 0 Å². The first-order valence-corrected chi connectivity index (χ1v) is 5.23. The molecule has 0 radical (unpaired) electrons. The minimum atomic E-state index is -0.400. The van der Waals surface area contributed by atoms with E-state index in [1.807, 2.05) is 0 Å². The van der Waals surface area contributed by atoms with Crippen molar-refractivity contribution in [2.24, 2.45) is 0 Å². The third kappa shape index (κ3) is 2.37. The third-order valence-corrected chi connectivity index (χ3v) is 2.47. The molecule has 0 aliphatic carbocycles. The molecule has 0 unspecified atom stereocenters. The number of phenols is 1. The highest BCUT2D eigenvalue weighted by Crippen LogP contribution is 2.20. The summed E-state index contributed by atoms with van der Waals surface area (Å²) in [6.07, 6.45) is 0. The van der Waals surface area contributed by atoms with Crippen LogP contribution in [0.1, 0.15) is 15.9 Å². The third-order valence-electron chi connectivity index (χ3n) is 2.47. The van der Waals surface area contributed by atoms with Crippen LogP contribution in [0.3, 0.4) is 0 Å². The van der Waals surface area contributed by atoms with Gasteiger partial charge in [-0.25, -0.2) is 5.10 Å². The summed E-state index contributed by atoms with van der Waals surface area (Å²) in [6.45, 7) is 1.64. The Kier molecular flexibility index (Phi) is 3.09. The first-order valence-electron chi connectivity index (χ1n) is 5.23. The molecule has 1 aromatic heterocycles. The maximum absolute atomic E-state index is 11.9. The van der Waals surface area contributed by atoms with E-state index in [2.05, 4.69) is 15.5 Å². The zero-order valence-electron chi connectivity index (χ0n) is 9.60. The summed E-state index contributed by atoms with van der Waals surface area (Å²) in [4.78, 5) is 22.7. The van der Waals surface area contributed by atoms with Crippen molar-refractivity contribution >= 4 is 11.7 Å². The minimum Gasteiger partial charge on any atom is -0.508 e. The molecular formula is C12H11N3O3. The molecule has 0 saturated carbocycles. The van der Waals surface area contributed by atoms with Gasteiger partial charge in [-0.2, -0.15) is 5.10 Å². The fraction of sp³-hybridized carbons (Fsp3) is 0.0833. The number of aromatic hydroxyl groups is 1. The van der Waals surface area contributed by atoms with Crippen LogP contribution < -0.4 is 10.9 Å². The topological polar surface area (TPSA) is 95.1 Å². The first-order chi connectivity index (χ1) is 8.58. The fourth-order valence-corrected chi connectivity index (χ4v) is 1.47. The van der Waals surface area contributed by atoms with Crippen LogP contribution in [0.5, 0.6) is 5.75 Å². The lowest BCUT2D eigenvalue weighted by Crippen LogP contribution is -2.16. The molecule has 0 spiro atoms. The minimum absolute atomic E-state index is 0.0528. The Morgan fingerprint density at radius 3 is 2.78 bits per heavy atom. The number of hydrogen-bond acceptors (Lipinski definition) is 4. The zero-order valence-corrected chi connectivity index (χ0v) is 9.60. The number of aromatic amines is 1. The van der Waals surface area contributed by atoms with Crippen LogP contribution in [0, 0.1) is 6.92 Å². The van der Waals surface area contributed by atoms with Crippen molar-refractivity contribution < 1.29 is 9.90 Å². The van der Waals surface area contributed by atoms with Crippen molar-refractivity contribution in [3.63, 3.8) is 0 Å². The molecule has 1 aromatic carbocycles. The number of anilines is 1. The van der Waals surface area contributed by atoms with Crippen molar-refractivity contribution in [3.05, 3.63) is 51.8 Å². The number of hydrogen-bond donors (Lipinski definition) is 3. The van der Waals surface area contributed by atoms with E-state index in [0.29, 0.717) is 11.1 Å². The molecule has 3 N–H and O–H groups in total. The van der Waals surface area contributed by atoms with Gasteiger partial charge in [0.1, 0.15) is 5.75 Å². The SMILES string of the molecule is Cc1c(O)cccc1C(=O)Nc1ccc(=O)[nH]n1. The van der Waals surface area contributed by atoms with Gasteiger partial charge in [0.2, 0.25) is 0 Å². The highest BCUT2D eigenvalue weighted by Gasteiger charge is 2.11. The number of rotatable bonds is 2. The van der Waals surface area contributed by atoms with Crippen LogP contribution in [0.4, 0.5) is 5.82 Å². The fourth-order valence-electron chi connectivity index (χ4n) is 1.47. The first kappa shape index (κ1) is 11.8. The summed E-state index contributed by atoms with van der Waals surface area (Å²) in [5.74, 6) is -0.109. The maximum Gasteiger partial charge on any atom is 0.264 e. The smallest absolute Gasteiger partial charge is 0.264 e. The molecule has 0 aliphatic heterocycles. The van der Waals surface area contributed by atoms with E-state index in [9.17, 15) is 14.7 Å². The maximum atomic E-state index is 11.9. The highest BCUT2D eigenvalue weighted by atomic mass is 16.3. The van der Waals surface area contributed by atoms with E-state index in [1.165, 1.54) is 18.2 Å². The van der Waals surface area contributed by atoms with E-state index in [0.717, 1.165) is 0 Å². The van der Waals surface area contributed by atoms with Gasteiger partial charge in [-0.05, 0) is 25.1 Å². The molecule has 0 atom stereocenters. The van der Waals surface area contributed by atoms with Gasteiger partial charge in [-0.15, -0.1) is 0 Å². The Hall–Kier alpha value is -2.63. The van der Waals surface area contributed by atoms with Crippen molar-refractivity contribution in [1.82, 2.24) is 10.2 Å². The average Bonchev–Trinajstić information content (AvgIpc) is 2.35. The van der Waals surface area contributed by atoms with Gasteiger partial charge in [-0.3, -0.25) is 9.59 Å². The molecule has 0 bridgehead atoms. The van der Waals surface area contributed by atoms with Crippen LogP contribution >= 0.6 is 0 Å². The van der Waals surface area contributed by atoms with Crippen molar-refractivity contribution in [3.8, 4) is 5.75 Å². The summed E-state index contributed by atoms with van der Waals surface area (Å²) < 4.78 is 0. The predicted octanol–water partition coefficient (Wildman–Crippen LogP) is 1.04. The lowest BCUT2D eigenvalue weighted by Gasteiger charge is -2.07. The molecule has 2 rings (SSSR count). The summed E-state index contributed by atoms with van der Waals surface area (Å²) in [5, 5.41) is 17.9. The van der Waals surface area contributed by atoms with Gasteiger partial charge in [0.25, 0.3) is 11.5 Å². The number of nitrogens with one attached hydrogen (secondary N) is 2. The Bertz CT molecular complexity index is 629. The molecule has 2 aromatic rings. The number of carbonyl (C=O) groups is 1. The summed E-state index contributed by atoms with van der Waals surface area (Å²) >= 11 is 0. The van der Waals surface area contributed by atoms with E-state index in [1.54, 1.807) is 19.1 Å². The number of nitrogens with zero attached hydrogens (tertiary/aromatic N) is 1. The molecule has 0 saturated heterocycles. The van der Waals surface area contributed by atoms with E-state index < -0.39 is 5.91 Å². The molecule has 1 heterocycles. The Balaban J connectivity index is 2.24. The largest absolute Gasteiger partial charge is 0.508 e. The van der Waals surface area contributed by atoms with Crippen molar-refractivity contribution in [2.75, 3.05) is 5.32 Å². The average molecular weight is 245 g/mol. The standard InChI is InChI=1S/C12H11N3O3/c1-7-8(3-2-4-9(7)16)12(18)13-10-5-6-11(17)15-14-10/h2-6,16H,1H3,(H,15,17)(H,13,14,18). The van der Waals surface area contributed by atoms with Gasteiger partial charge in [-0.1, -0.05) is 6.07 Å². The normalized spacial score (nSPS) is 10.1. The number of carbonyl (C=O) groups excluding carboxylic acids is 1. The number of phenolic OH excluding ortho intramolecular Hbond substituents is 1. The molecule has 6 heteroatoms. The van der Waals surface area contributed by atoms with Crippen molar-refractivity contribution in [1.29, 1.82) is 0 Å². The molecule has 0 fully saturated rings. The molecule has 18 heavy (non-hydrogen) atoms. The van der Waals surface area contributed by atoms with Gasteiger partial charge < -0.3 is 10.4 Å². The second-order valence-corrected chi connectivity index (χ2v) is 3.71. The molecule has 92 valence electrons. The number of benzene rings is 1. The Labute approximate surface area is 102 Å². The zero-order chi connectivity index (χ0) is 13.1. The Morgan fingerprint density at radius 1 is 1.33 bits per heavy atom. The summed E-state index contributed by atoms with van der Waals surface area (Å²) in [5.41, 5.74) is 0.490. The molecular weight excluding hydrogens is 234 g/mol. The number of aromatic nitrogens is 2. The van der Waals surface area contributed by atoms with E-state index >= 15 is 0 Å². The lowest BCUT2D eigenvalue weighted by molar-refractivity contribution is 0.102. The highest BCUT2D eigenvalue weighted by molar-refractivity contribution is 6.05. The van der Waals surface area contributed by atoms with E-state index in [-0.39, 0.29) is 17.1 Å².